The smallest absolute Gasteiger partial charge is 0.277 e. The fourth-order valence-electron chi connectivity index (χ4n) is 1.85. The van der Waals surface area contributed by atoms with Gasteiger partial charge in [-0.25, -0.2) is 21.9 Å². The van der Waals surface area contributed by atoms with E-state index in [9.17, 15) is 22.0 Å². The highest BCUT2D eigenvalue weighted by atomic mass is 35.5. The average molecular weight is 426 g/mol. The van der Waals surface area contributed by atoms with Crippen LogP contribution in [0, 0.1) is 0 Å². The third-order valence-electron chi connectivity index (χ3n) is 3.23. The molecule has 0 aliphatic rings. The Morgan fingerprint density at radius 3 is 2.58 bits per heavy atom. The van der Waals surface area contributed by atoms with Gasteiger partial charge in [0.2, 0.25) is 10.0 Å². The van der Waals surface area contributed by atoms with Crippen LogP contribution in [0.15, 0.2) is 46.7 Å². The van der Waals surface area contributed by atoms with E-state index in [0.29, 0.717) is 0 Å². The molecule has 26 heavy (non-hydrogen) atoms. The number of benzene rings is 1. The fraction of sp³-hybridized carbons (Fsp3) is 0.267. The first-order valence-electron chi connectivity index (χ1n) is 7.22. The normalized spacial score (nSPS) is 11.7. The molecule has 1 aromatic carbocycles. The largest absolute Gasteiger partial charge is 0.346 e. The van der Waals surface area contributed by atoms with Gasteiger partial charge in [0.1, 0.15) is 0 Å². The number of hydrogen-bond acceptors (Lipinski definition) is 5. The third-order valence-corrected chi connectivity index (χ3v) is 5.50. The van der Waals surface area contributed by atoms with Crippen molar-refractivity contribution in [3.8, 4) is 0 Å². The van der Waals surface area contributed by atoms with E-state index in [1.165, 1.54) is 29.5 Å². The number of rotatable bonds is 8. The summed E-state index contributed by atoms with van der Waals surface area (Å²) in [5, 5.41) is 3.87. The topological polar surface area (TPSA) is 101 Å². The number of carbonyl (C=O) groups excluding carboxylic acids is 1. The Labute approximate surface area is 160 Å². The molecule has 0 saturated carbocycles. The van der Waals surface area contributed by atoms with Gasteiger partial charge in [-0.05, 0) is 29.6 Å². The molecule has 0 unspecified atom stereocenters. The Morgan fingerprint density at radius 2 is 1.96 bits per heavy atom. The highest BCUT2D eigenvalue weighted by Gasteiger charge is 2.27. The van der Waals surface area contributed by atoms with Crippen LogP contribution in [0.2, 0.25) is 0 Å². The summed E-state index contributed by atoms with van der Waals surface area (Å²) in [6.45, 7) is -1.69. The summed E-state index contributed by atoms with van der Waals surface area (Å²) in [5.41, 5.74) is 4.86. The molecule has 0 spiro atoms. The predicted molar refractivity (Wildman–Crippen MR) is 98.4 cm³/mol. The molecule has 0 saturated heterocycles. The highest BCUT2D eigenvalue weighted by Crippen LogP contribution is 2.15. The van der Waals surface area contributed by atoms with Gasteiger partial charge in [0.25, 0.3) is 11.8 Å². The first-order valence-corrected chi connectivity index (χ1v) is 9.58. The number of carbonyl (C=O) groups is 1. The van der Waals surface area contributed by atoms with Crippen molar-refractivity contribution in [2.75, 3.05) is 13.1 Å². The van der Waals surface area contributed by atoms with Gasteiger partial charge in [0.05, 0.1) is 18.0 Å². The van der Waals surface area contributed by atoms with Crippen molar-refractivity contribution in [1.29, 1.82) is 0 Å². The maximum absolute atomic E-state index is 13.1. The van der Waals surface area contributed by atoms with Crippen LogP contribution in [0.4, 0.5) is 8.78 Å². The number of amides is 1. The van der Waals surface area contributed by atoms with Gasteiger partial charge in [-0.3, -0.25) is 4.79 Å². The van der Waals surface area contributed by atoms with Crippen molar-refractivity contribution in [3.05, 3.63) is 52.2 Å². The molecule has 6 nitrogen and oxygen atoms in total. The van der Waals surface area contributed by atoms with Gasteiger partial charge in [-0.15, -0.1) is 23.7 Å². The minimum atomic E-state index is -3.83. The molecule has 0 radical (unpaired) electrons. The van der Waals surface area contributed by atoms with Crippen molar-refractivity contribution in [3.63, 3.8) is 0 Å². The Morgan fingerprint density at radius 1 is 1.23 bits per heavy atom. The van der Waals surface area contributed by atoms with Crippen molar-refractivity contribution in [1.82, 2.24) is 10.0 Å². The van der Waals surface area contributed by atoms with E-state index in [1.807, 2.05) is 10.7 Å². The van der Waals surface area contributed by atoms with Gasteiger partial charge in [0, 0.05) is 17.0 Å². The van der Waals surface area contributed by atoms with Gasteiger partial charge >= 0.3 is 0 Å². The molecule has 0 atom stereocenters. The van der Waals surface area contributed by atoms with E-state index in [-0.39, 0.29) is 29.4 Å². The molecule has 1 amide bonds. The standard InChI is InChI=1S/C15H17F2N3O3S2.ClH/c16-15(17,9-18)10-19-14(21)11-3-1-5-13(7-11)25(22,23)20-8-12-4-2-6-24-12;/h1-7,20H,8-10,18H2,(H,19,21);1H. The number of thiophene rings is 1. The van der Waals surface area contributed by atoms with Crippen molar-refractivity contribution in [2.24, 2.45) is 5.73 Å². The van der Waals surface area contributed by atoms with Crippen LogP contribution in [0.25, 0.3) is 0 Å². The molecule has 144 valence electrons. The minimum Gasteiger partial charge on any atom is -0.346 e. The minimum absolute atomic E-state index is 0. The van der Waals surface area contributed by atoms with Crippen molar-refractivity contribution < 1.29 is 22.0 Å². The van der Waals surface area contributed by atoms with Crippen LogP contribution in [0.3, 0.4) is 0 Å². The van der Waals surface area contributed by atoms with Gasteiger partial charge < -0.3 is 11.1 Å². The maximum Gasteiger partial charge on any atom is 0.277 e. The number of sulfonamides is 1. The van der Waals surface area contributed by atoms with Crippen LogP contribution in [-0.4, -0.2) is 33.3 Å². The lowest BCUT2D eigenvalue weighted by Gasteiger charge is -2.14. The summed E-state index contributed by atoms with van der Waals surface area (Å²) in [6, 6.07) is 8.75. The number of nitrogens with two attached hydrogens (primary N) is 1. The Bertz CT molecular complexity index is 830. The first kappa shape index (κ1) is 22.5. The number of hydrogen-bond donors (Lipinski definition) is 3. The number of halogens is 3. The monoisotopic (exact) mass is 425 g/mol. The first-order chi connectivity index (χ1) is 11.7. The molecule has 0 aliphatic heterocycles. The predicted octanol–water partition coefficient (Wildman–Crippen LogP) is 1.97. The summed E-state index contributed by atoms with van der Waals surface area (Å²) < 4.78 is 53.2. The quantitative estimate of drug-likeness (QED) is 0.601. The average Bonchev–Trinajstić information content (AvgIpc) is 3.12. The molecule has 0 fully saturated rings. The molecular weight excluding hydrogens is 408 g/mol. The second-order valence-electron chi connectivity index (χ2n) is 5.17. The highest BCUT2D eigenvalue weighted by molar-refractivity contribution is 7.89. The zero-order valence-corrected chi connectivity index (χ0v) is 15.9. The molecular formula is C15H18ClF2N3O3S2. The Kier molecular flexibility index (Phi) is 8.10. The molecule has 11 heteroatoms. The molecule has 0 aliphatic carbocycles. The fourth-order valence-corrected chi connectivity index (χ4v) is 3.64. The van der Waals surface area contributed by atoms with E-state index >= 15 is 0 Å². The Balaban J connectivity index is 0.00000338. The second kappa shape index (κ2) is 9.38. The van der Waals surface area contributed by atoms with E-state index in [2.05, 4.69) is 4.72 Å². The molecule has 4 N–H and O–H groups in total. The molecule has 1 heterocycles. The van der Waals surface area contributed by atoms with Gasteiger partial charge in [-0.2, -0.15) is 0 Å². The molecule has 2 aromatic rings. The number of alkyl halides is 2. The zero-order valence-electron chi connectivity index (χ0n) is 13.4. The van der Waals surface area contributed by atoms with Crippen LogP contribution in [0.5, 0.6) is 0 Å². The van der Waals surface area contributed by atoms with E-state index in [4.69, 9.17) is 5.73 Å². The zero-order chi connectivity index (χ0) is 18.5. The van der Waals surface area contributed by atoms with E-state index in [1.54, 1.807) is 12.1 Å². The lowest BCUT2D eigenvalue weighted by atomic mass is 10.2. The Hall–Kier alpha value is -1.59. The molecule has 0 bridgehead atoms. The summed E-state index contributed by atoms with van der Waals surface area (Å²) in [7, 11) is -3.83. The van der Waals surface area contributed by atoms with Crippen LogP contribution in [-0.2, 0) is 16.6 Å². The van der Waals surface area contributed by atoms with Crippen LogP contribution < -0.4 is 15.8 Å². The summed E-state index contributed by atoms with van der Waals surface area (Å²) >= 11 is 1.41. The van der Waals surface area contributed by atoms with Gasteiger partial charge in [-0.1, -0.05) is 12.1 Å². The molecule has 1 aromatic heterocycles. The molecule has 2 rings (SSSR count). The van der Waals surface area contributed by atoms with Crippen LogP contribution >= 0.6 is 23.7 Å². The summed E-state index contributed by atoms with van der Waals surface area (Å²) in [4.78, 5) is 12.6. The second-order valence-corrected chi connectivity index (χ2v) is 7.97. The van der Waals surface area contributed by atoms with Crippen LogP contribution in [0.1, 0.15) is 15.2 Å². The van der Waals surface area contributed by atoms with Crippen molar-refractivity contribution >= 4 is 39.7 Å². The lowest BCUT2D eigenvalue weighted by molar-refractivity contribution is 0.0118. The lowest BCUT2D eigenvalue weighted by Crippen LogP contribution is -2.41. The SMILES string of the molecule is Cl.NCC(F)(F)CNC(=O)c1cccc(S(=O)(=O)NCc2cccs2)c1. The van der Waals surface area contributed by atoms with Gasteiger partial charge in [0.15, 0.2) is 0 Å². The van der Waals surface area contributed by atoms with E-state index < -0.39 is 34.9 Å². The summed E-state index contributed by atoms with van der Waals surface area (Å²) in [6.07, 6.45) is 0. The number of nitrogens with one attached hydrogen (secondary N) is 2. The van der Waals surface area contributed by atoms with Crippen molar-refractivity contribution in [2.45, 2.75) is 17.4 Å². The maximum atomic E-state index is 13.1. The third kappa shape index (κ3) is 6.29. The summed E-state index contributed by atoms with van der Waals surface area (Å²) in [5.74, 6) is -4.02. The van der Waals surface area contributed by atoms with E-state index in [0.717, 1.165) is 10.9 Å².